The first-order valence-electron chi connectivity index (χ1n) is 21.4. The molecule has 0 bridgehead atoms. The summed E-state index contributed by atoms with van der Waals surface area (Å²) in [6.07, 6.45) is 2.35. The Kier molecular flexibility index (Phi) is 7.79. The standard InChI is InChI=1S/C54H52BN2S2/c1-51(2,3)30-15-18-32(19-16-30)56-42-29-41-40(53(7,8)23-24-54(41,9)10)26-36(42)34-20-21-35-37-28-46-38(33-13-11-12-14-44(33)58-46)27-43(37)57-48(35)47(34)55-50-49(57)39-25-31(52(4,5)6)17-22-45(39)59-50/h11-22,25-29,56H,23-24H2,1-10H3. The highest BCUT2D eigenvalue weighted by Crippen LogP contribution is 2.50. The fraction of sp³-hybridized carbons (Fsp3) is 0.296. The van der Waals surface area contributed by atoms with Gasteiger partial charge in [-0.15, -0.1) is 22.7 Å². The van der Waals surface area contributed by atoms with Crippen LogP contribution in [0, 0.1) is 0 Å². The van der Waals surface area contributed by atoms with Crippen molar-refractivity contribution in [3.05, 3.63) is 125 Å². The number of aromatic nitrogens is 1. The normalized spacial score (nSPS) is 15.9. The van der Waals surface area contributed by atoms with Crippen LogP contribution in [0.4, 0.5) is 11.4 Å². The maximum absolute atomic E-state index is 4.00. The number of rotatable bonds is 3. The van der Waals surface area contributed by atoms with Gasteiger partial charge < -0.3 is 9.88 Å². The monoisotopic (exact) mass is 803 g/mol. The van der Waals surface area contributed by atoms with Crippen molar-refractivity contribution >= 4 is 104 Å². The summed E-state index contributed by atoms with van der Waals surface area (Å²) >= 11 is 3.84. The molecule has 0 saturated carbocycles. The predicted molar refractivity (Wildman–Crippen MR) is 262 cm³/mol. The van der Waals surface area contributed by atoms with Crippen molar-refractivity contribution in [2.75, 3.05) is 5.32 Å². The predicted octanol–water partition coefficient (Wildman–Crippen LogP) is 14.7. The number of anilines is 2. The molecule has 3 aromatic heterocycles. The van der Waals surface area contributed by atoms with E-state index in [-0.39, 0.29) is 21.7 Å². The third kappa shape index (κ3) is 5.63. The van der Waals surface area contributed by atoms with Gasteiger partial charge >= 0.3 is 0 Å². The zero-order valence-electron chi connectivity index (χ0n) is 36.1. The fourth-order valence-corrected chi connectivity index (χ4v) is 12.4. The van der Waals surface area contributed by atoms with Gasteiger partial charge in [-0.2, -0.15) is 0 Å². The molecule has 2 aliphatic rings. The zero-order chi connectivity index (χ0) is 41.0. The van der Waals surface area contributed by atoms with Gasteiger partial charge in [-0.1, -0.05) is 118 Å². The topological polar surface area (TPSA) is 17.0 Å². The maximum Gasteiger partial charge on any atom is 0.211 e. The van der Waals surface area contributed by atoms with Crippen LogP contribution in [0.2, 0.25) is 0 Å². The molecule has 4 heterocycles. The molecule has 2 nitrogen and oxygen atoms in total. The molecule has 0 unspecified atom stereocenters. The van der Waals surface area contributed by atoms with E-state index in [0.717, 1.165) is 5.69 Å². The molecule has 1 N–H and O–H groups in total. The number of nitrogens with one attached hydrogen (secondary N) is 1. The van der Waals surface area contributed by atoms with Crippen molar-refractivity contribution in [3.8, 4) is 16.8 Å². The second-order valence-electron chi connectivity index (χ2n) is 20.8. The molecule has 59 heavy (non-hydrogen) atoms. The van der Waals surface area contributed by atoms with Crippen molar-refractivity contribution in [2.24, 2.45) is 0 Å². The highest BCUT2D eigenvalue weighted by atomic mass is 32.1. The zero-order valence-corrected chi connectivity index (χ0v) is 37.7. The molecule has 5 heteroatoms. The molecule has 0 atom stereocenters. The molecule has 0 spiro atoms. The minimum absolute atomic E-state index is 0.0492. The molecule has 293 valence electrons. The lowest BCUT2D eigenvalue weighted by molar-refractivity contribution is 0.332. The van der Waals surface area contributed by atoms with Crippen LogP contribution in [0.5, 0.6) is 0 Å². The lowest BCUT2D eigenvalue weighted by atomic mass is 9.61. The van der Waals surface area contributed by atoms with Crippen LogP contribution in [0.25, 0.3) is 68.9 Å². The maximum atomic E-state index is 4.00. The van der Waals surface area contributed by atoms with Crippen LogP contribution < -0.4 is 15.6 Å². The SMILES string of the molecule is CC(C)(C)c1ccc(Nc2cc3c(cc2-c2ccc4c5cc6sc7ccccc7c6cc5n5c4c2[B]c2sc4ccc(C(C)(C)C)cc4c2-5)C(C)(C)CCC3(C)C)cc1. The molecular formula is C54H52BN2S2. The number of hydrogen-bond donors (Lipinski definition) is 1. The Labute approximate surface area is 357 Å². The van der Waals surface area contributed by atoms with E-state index in [1.807, 2.05) is 22.7 Å². The summed E-state index contributed by atoms with van der Waals surface area (Å²) in [6.45, 7) is 23.6. The summed E-state index contributed by atoms with van der Waals surface area (Å²) in [5, 5.41) is 10.7. The number of hydrogen-bond acceptors (Lipinski definition) is 3. The minimum Gasteiger partial charge on any atom is -0.355 e. The van der Waals surface area contributed by atoms with Crippen LogP contribution >= 0.6 is 22.7 Å². The lowest BCUT2D eigenvalue weighted by Gasteiger charge is -2.42. The Hall–Kier alpha value is -4.84. The summed E-state index contributed by atoms with van der Waals surface area (Å²) in [5.41, 5.74) is 16.0. The van der Waals surface area contributed by atoms with Gasteiger partial charge in [0.25, 0.3) is 0 Å². The van der Waals surface area contributed by atoms with Gasteiger partial charge in [0, 0.05) is 63.5 Å². The second-order valence-corrected chi connectivity index (χ2v) is 23.0. The molecule has 1 radical (unpaired) electrons. The highest BCUT2D eigenvalue weighted by Gasteiger charge is 2.39. The Balaban J connectivity index is 1.22. The van der Waals surface area contributed by atoms with Crippen molar-refractivity contribution in [2.45, 2.75) is 104 Å². The van der Waals surface area contributed by atoms with E-state index in [2.05, 4.69) is 190 Å². The average molecular weight is 804 g/mol. The first-order chi connectivity index (χ1) is 28.0. The number of fused-ring (bicyclic) bond motifs is 11. The van der Waals surface area contributed by atoms with E-state index >= 15 is 0 Å². The molecular weight excluding hydrogens is 752 g/mol. The number of nitrogens with zero attached hydrogens (tertiary/aromatic N) is 1. The highest BCUT2D eigenvalue weighted by molar-refractivity contribution is 7.29. The van der Waals surface area contributed by atoms with Crippen molar-refractivity contribution in [1.82, 2.24) is 4.57 Å². The number of thiophene rings is 2. The lowest BCUT2D eigenvalue weighted by Crippen LogP contribution is -2.36. The quantitative estimate of drug-likeness (QED) is 0.176. The Bertz CT molecular complexity index is 3230. The third-order valence-corrected chi connectivity index (χ3v) is 16.1. The third-order valence-electron chi connectivity index (χ3n) is 13.8. The van der Waals surface area contributed by atoms with E-state index in [0.29, 0.717) is 0 Å². The van der Waals surface area contributed by atoms with Gasteiger partial charge in [-0.25, -0.2) is 0 Å². The van der Waals surface area contributed by atoms with E-state index < -0.39 is 0 Å². The van der Waals surface area contributed by atoms with Gasteiger partial charge in [0.15, 0.2) is 0 Å². The molecule has 9 aromatic rings. The molecule has 0 amide bonds. The summed E-state index contributed by atoms with van der Waals surface area (Å²) in [7, 11) is 2.53. The Morgan fingerprint density at radius 3 is 1.98 bits per heavy atom. The van der Waals surface area contributed by atoms with Gasteiger partial charge in [-0.05, 0) is 127 Å². The fourth-order valence-electron chi connectivity index (χ4n) is 10.1. The number of benzene rings is 6. The first-order valence-corrected chi connectivity index (χ1v) is 23.0. The second kappa shape index (κ2) is 12.4. The van der Waals surface area contributed by atoms with Gasteiger partial charge in [0.05, 0.1) is 11.2 Å². The van der Waals surface area contributed by atoms with E-state index in [1.54, 1.807) is 0 Å². The van der Waals surface area contributed by atoms with Gasteiger partial charge in [0.2, 0.25) is 7.28 Å². The van der Waals surface area contributed by atoms with E-state index in [4.69, 9.17) is 0 Å². The smallest absolute Gasteiger partial charge is 0.211 e. The molecule has 0 fully saturated rings. The molecule has 11 rings (SSSR count). The molecule has 1 aliphatic carbocycles. The summed E-state index contributed by atoms with van der Waals surface area (Å²) in [4.78, 5) is 0. The Morgan fingerprint density at radius 2 is 1.25 bits per heavy atom. The van der Waals surface area contributed by atoms with Crippen LogP contribution in [0.15, 0.2) is 103 Å². The van der Waals surface area contributed by atoms with Crippen LogP contribution in [0.3, 0.4) is 0 Å². The molecule has 6 aromatic carbocycles. The van der Waals surface area contributed by atoms with Crippen LogP contribution in [0.1, 0.15) is 104 Å². The van der Waals surface area contributed by atoms with Crippen LogP contribution in [-0.4, -0.2) is 11.8 Å². The largest absolute Gasteiger partial charge is 0.355 e. The average Bonchev–Trinajstić information content (AvgIpc) is 3.84. The summed E-state index contributed by atoms with van der Waals surface area (Å²) in [5.74, 6) is 0. The van der Waals surface area contributed by atoms with E-state index in [9.17, 15) is 0 Å². The summed E-state index contributed by atoms with van der Waals surface area (Å²) in [6, 6.07) is 40.1. The van der Waals surface area contributed by atoms with Gasteiger partial charge in [-0.3, -0.25) is 0 Å². The molecule has 1 aliphatic heterocycles. The minimum atomic E-state index is 0.0492. The first kappa shape index (κ1) is 37.2. The van der Waals surface area contributed by atoms with Crippen LogP contribution in [-0.2, 0) is 21.7 Å². The Morgan fingerprint density at radius 1 is 0.576 bits per heavy atom. The van der Waals surface area contributed by atoms with Gasteiger partial charge in [0.1, 0.15) is 0 Å². The van der Waals surface area contributed by atoms with Crippen molar-refractivity contribution in [3.63, 3.8) is 0 Å². The van der Waals surface area contributed by atoms with E-state index in [1.165, 1.54) is 120 Å². The van der Waals surface area contributed by atoms with Crippen molar-refractivity contribution < 1.29 is 0 Å². The van der Waals surface area contributed by atoms with Crippen molar-refractivity contribution in [1.29, 1.82) is 0 Å². The summed E-state index contributed by atoms with van der Waals surface area (Å²) < 4.78 is 8.01. The molecule has 0 saturated heterocycles.